The maximum Gasteiger partial charge on any atom is 0.218 e. The van der Waals surface area contributed by atoms with Gasteiger partial charge in [0.05, 0.1) is 13.2 Å². The second kappa shape index (κ2) is 7.06. The number of benzene rings is 1. The molecule has 1 aromatic heterocycles. The summed E-state index contributed by atoms with van der Waals surface area (Å²) < 4.78 is 5.40. The quantitative estimate of drug-likeness (QED) is 0.874. The van der Waals surface area contributed by atoms with E-state index in [-0.39, 0.29) is 6.04 Å². The monoisotopic (exact) mass is 270 g/mol. The van der Waals surface area contributed by atoms with Crippen molar-refractivity contribution in [3.8, 4) is 5.88 Å². The fraction of sp³-hybridized carbons (Fsp3) is 0.353. The van der Waals surface area contributed by atoms with Crippen molar-refractivity contribution in [2.24, 2.45) is 0 Å². The molecule has 1 atom stereocenters. The molecular formula is C17H22N2O. The zero-order chi connectivity index (χ0) is 14.4. The van der Waals surface area contributed by atoms with Crippen LogP contribution in [0, 0.1) is 0 Å². The van der Waals surface area contributed by atoms with E-state index < -0.39 is 0 Å². The van der Waals surface area contributed by atoms with E-state index in [1.165, 1.54) is 11.1 Å². The molecule has 2 aromatic rings. The minimum absolute atomic E-state index is 0.107. The highest BCUT2D eigenvalue weighted by molar-refractivity contribution is 5.38. The minimum atomic E-state index is 0.107. The number of methoxy groups -OCH3 is 1. The van der Waals surface area contributed by atoms with E-state index in [1.807, 2.05) is 6.07 Å². The smallest absolute Gasteiger partial charge is 0.218 e. The number of aryl methyl sites for hydroxylation is 1. The van der Waals surface area contributed by atoms with Crippen molar-refractivity contribution in [3.05, 3.63) is 59.3 Å². The Morgan fingerprint density at radius 1 is 1.20 bits per heavy atom. The second-order valence-corrected chi connectivity index (χ2v) is 4.69. The molecule has 1 N–H and O–H groups in total. The minimum Gasteiger partial charge on any atom is -0.481 e. The summed E-state index contributed by atoms with van der Waals surface area (Å²) in [4.78, 5) is 4.31. The van der Waals surface area contributed by atoms with Gasteiger partial charge >= 0.3 is 0 Å². The van der Waals surface area contributed by atoms with Crippen LogP contribution in [-0.2, 0) is 6.42 Å². The fourth-order valence-electron chi connectivity index (χ4n) is 2.40. The van der Waals surface area contributed by atoms with E-state index in [1.54, 1.807) is 13.3 Å². The Hall–Kier alpha value is -1.87. The molecule has 1 heterocycles. The number of hydrogen-bond donors (Lipinski definition) is 1. The number of rotatable bonds is 6. The molecule has 3 nitrogen and oxygen atoms in total. The van der Waals surface area contributed by atoms with Gasteiger partial charge in [-0.15, -0.1) is 0 Å². The average molecular weight is 270 g/mol. The van der Waals surface area contributed by atoms with Crippen molar-refractivity contribution in [1.82, 2.24) is 10.3 Å². The van der Waals surface area contributed by atoms with Gasteiger partial charge in [-0.3, -0.25) is 0 Å². The normalized spacial score (nSPS) is 12.2. The summed E-state index contributed by atoms with van der Waals surface area (Å²) in [5.41, 5.74) is 3.66. The predicted molar refractivity (Wildman–Crippen MR) is 82.1 cm³/mol. The third kappa shape index (κ3) is 3.17. The first-order valence-electron chi connectivity index (χ1n) is 7.11. The molecule has 0 aliphatic carbocycles. The molecule has 0 radical (unpaired) electrons. The van der Waals surface area contributed by atoms with Gasteiger partial charge in [0.25, 0.3) is 0 Å². The standard InChI is InChI=1S/C17H22N2O/c1-4-13-8-6-9-14(12-13)16(18-5-2)15-10-7-11-19-17(15)20-3/h6-12,16,18H,4-5H2,1-3H3. The van der Waals surface area contributed by atoms with Gasteiger partial charge in [-0.05, 0) is 30.2 Å². The van der Waals surface area contributed by atoms with Gasteiger partial charge in [0.2, 0.25) is 5.88 Å². The van der Waals surface area contributed by atoms with Crippen LogP contribution in [0.3, 0.4) is 0 Å². The van der Waals surface area contributed by atoms with Gasteiger partial charge in [-0.25, -0.2) is 4.98 Å². The summed E-state index contributed by atoms with van der Waals surface area (Å²) in [7, 11) is 1.66. The molecule has 106 valence electrons. The Labute approximate surface area is 121 Å². The third-order valence-corrected chi connectivity index (χ3v) is 3.41. The maximum atomic E-state index is 5.40. The second-order valence-electron chi connectivity index (χ2n) is 4.69. The molecule has 0 saturated carbocycles. The summed E-state index contributed by atoms with van der Waals surface area (Å²) in [6.45, 7) is 5.17. The molecule has 0 amide bonds. The molecule has 0 saturated heterocycles. The summed E-state index contributed by atoms with van der Waals surface area (Å²) >= 11 is 0. The molecule has 0 fully saturated rings. The number of nitrogens with zero attached hydrogens (tertiary/aromatic N) is 1. The fourth-order valence-corrected chi connectivity index (χ4v) is 2.40. The SMILES string of the molecule is CCNC(c1cccc(CC)c1)c1cccnc1OC. The number of hydrogen-bond acceptors (Lipinski definition) is 3. The highest BCUT2D eigenvalue weighted by Gasteiger charge is 2.18. The van der Waals surface area contributed by atoms with E-state index in [9.17, 15) is 0 Å². The van der Waals surface area contributed by atoms with Crippen LogP contribution >= 0.6 is 0 Å². The van der Waals surface area contributed by atoms with Crippen LogP contribution in [0.4, 0.5) is 0 Å². The Balaban J connectivity index is 2.44. The predicted octanol–water partition coefficient (Wildman–Crippen LogP) is 3.35. The lowest BCUT2D eigenvalue weighted by molar-refractivity contribution is 0.387. The molecule has 0 aliphatic heterocycles. The van der Waals surface area contributed by atoms with Crippen LogP contribution < -0.4 is 10.1 Å². The first-order valence-corrected chi connectivity index (χ1v) is 7.11. The third-order valence-electron chi connectivity index (χ3n) is 3.41. The van der Waals surface area contributed by atoms with Crippen LogP contribution in [0.25, 0.3) is 0 Å². The Kier molecular flexibility index (Phi) is 5.13. The van der Waals surface area contributed by atoms with Crippen molar-refractivity contribution in [3.63, 3.8) is 0 Å². The van der Waals surface area contributed by atoms with Crippen molar-refractivity contribution in [2.45, 2.75) is 26.3 Å². The molecule has 2 rings (SSSR count). The van der Waals surface area contributed by atoms with Crippen LogP contribution in [0.5, 0.6) is 5.88 Å². The lowest BCUT2D eigenvalue weighted by atomic mass is 9.97. The van der Waals surface area contributed by atoms with Crippen LogP contribution in [0.15, 0.2) is 42.6 Å². The van der Waals surface area contributed by atoms with Crippen molar-refractivity contribution in [2.75, 3.05) is 13.7 Å². The molecule has 1 aromatic carbocycles. The van der Waals surface area contributed by atoms with Crippen LogP contribution in [-0.4, -0.2) is 18.6 Å². The summed E-state index contributed by atoms with van der Waals surface area (Å²) in [5.74, 6) is 0.681. The molecular weight excluding hydrogens is 248 g/mol. The molecule has 0 aliphatic rings. The Morgan fingerprint density at radius 3 is 2.75 bits per heavy atom. The highest BCUT2D eigenvalue weighted by atomic mass is 16.5. The zero-order valence-corrected chi connectivity index (χ0v) is 12.4. The van der Waals surface area contributed by atoms with Crippen LogP contribution in [0.2, 0.25) is 0 Å². The van der Waals surface area contributed by atoms with Gasteiger partial charge in [0.15, 0.2) is 0 Å². The van der Waals surface area contributed by atoms with E-state index >= 15 is 0 Å². The van der Waals surface area contributed by atoms with E-state index in [4.69, 9.17) is 4.74 Å². The first kappa shape index (κ1) is 14.5. The summed E-state index contributed by atoms with van der Waals surface area (Å²) in [5, 5.41) is 3.52. The van der Waals surface area contributed by atoms with E-state index in [0.29, 0.717) is 5.88 Å². The molecule has 3 heteroatoms. The topological polar surface area (TPSA) is 34.2 Å². The molecule has 20 heavy (non-hydrogen) atoms. The number of nitrogens with one attached hydrogen (secondary N) is 1. The molecule has 0 bridgehead atoms. The Morgan fingerprint density at radius 2 is 2.05 bits per heavy atom. The lowest BCUT2D eigenvalue weighted by Crippen LogP contribution is -2.23. The lowest BCUT2D eigenvalue weighted by Gasteiger charge is -2.21. The van der Waals surface area contributed by atoms with Crippen molar-refractivity contribution in [1.29, 1.82) is 0 Å². The number of pyridine rings is 1. The van der Waals surface area contributed by atoms with Crippen LogP contribution in [0.1, 0.15) is 36.6 Å². The van der Waals surface area contributed by atoms with Crippen molar-refractivity contribution < 1.29 is 4.74 Å². The largest absolute Gasteiger partial charge is 0.481 e. The van der Waals surface area contributed by atoms with E-state index in [2.05, 4.69) is 54.5 Å². The van der Waals surface area contributed by atoms with E-state index in [0.717, 1.165) is 18.5 Å². The number of aromatic nitrogens is 1. The molecule has 1 unspecified atom stereocenters. The van der Waals surface area contributed by atoms with Gasteiger partial charge in [-0.2, -0.15) is 0 Å². The maximum absolute atomic E-state index is 5.40. The Bertz CT molecular complexity index is 554. The van der Waals surface area contributed by atoms with Gasteiger partial charge in [0.1, 0.15) is 0 Å². The summed E-state index contributed by atoms with van der Waals surface area (Å²) in [6.07, 6.45) is 2.80. The first-order chi connectivity index (χ1) is 9.80. The zero-order valence-electron chi connectivity index (χ0n) is 12.4. The van der Waals surface area contributed by atoms with Crippen molar-refractivity contribution >= 4 is 0 Å². The molecule has 0 spiro atoms. The summed E-state index contributed by atoms with van der Waals surface area (Å²) in [6, 6.07) is 12.8. The average Bonchev–Trinajstić information content (AvgIpc) is 2.52. The van der Waals surface area contributed by atoms with Gasteiger partial charge in [0, 0.05) is 11.8 Å². The van der Waals surface area contributed by atoms with Gasteiger partial charge in [-0.1, -0.05) is 44.2 Å². The number of ether oxygens (including phenoxy) is 1. The van der Waals surface area contributed by atoms with Gasteiger partial charge < -0.3 is 10.1 Å². The highest BCUT2D eigenvalue weighted by Crippen LogP contribution is 2.28.